The van der Waals surface area contributed by atoms with Gasteiger partial charge in [0, 0.05) is 38.8 Å². The van der Waals surface area contributed by atoms with Crippen LogP contribution >= 0.6 is 0 Å². The maximum Gasteiger partial charge on any atom is 0.226 e. The zero-order chi connectivity index (χ0) is 19.9. The van der Waals surface area contributed by atoms with Crippen LogP contribution < -0.4 is 5.32 Å². The molecule has 0 spiro atoms. The maximum absolute atomic E-state index is 13.2. The van der Waals surface area contributed by atoms with Crippen LogP contribution in [-0.4, -0.2) is 43.9 Å². The molecule has 3 heterocycles. The van der Waals surface area contributed by atoms with Crippen LogP contribution in [0.3, 0.4) is 0 Å². The van der Waals surface area contributed by atoms with E-state index in [1.807, 2.05) is 24.5 Å². The second kappa shape index (κ2) is 9.51. The standard InChI is InChI=1S/C24H30N2O3/c27-23(26-17-20-2-1-13-29-18-20)24(9-14-28-15-10-24)16-19-3-5-21(6-4-19)22-7-11-25-12-8-22/h3-8,11-12,20H,1-2,9-10,13-18H2,(H,26,27)/t20-/m0/s1. The average molecular weight is 395 g/mol. The maximum atomic E-state index is 13.2. The van der Waals surface area contributed by atoms with Crippen LogP contribution in [0.1, 0.15) is 31.2 Å². The monoisotopic (exact) mass is 394 g/mol. The van der Waals surface area contributed by atoms with E-state index < -0.39 is 0 Å². The summed E-state index contributed by atoms with van der Waals surface area (Å²) in [5.74, 6) is 0.605. The third-order valence-electron chi connectivity index (χ3n) is 6.25. The highest BCUT2D eigenvalue weighted by Crippen LogP contribution is 2.35. The van der Waals surface area contributed by atoms with E-state index in [4.69, 9.17) is 9.47 Å². The lowest BCUT2D eigenvalue weighted by atomic mass is 9.74. The van der Waals surface area contributed by atoms with Gasteiger partial charge in [0.15, 0.2) is 0 Å². The number of amides is 1. The zero-order valence-electron chi connectivity index (χ0n) is 16.9. The predicted molar refractivity (Wildman–Crippen MR) is 112 cm³/mol. The van der Waals surface area contributed by atoms with Gasteiger partial charge in [-0.2, -0.15) is 0 Å². The second-order valence-electron chi connectivity index (χ2n) is 8.30. The summed E-state index contributed by atoms with van der Waals surface area (Å²) in [6.45, 7) is 3.61. The molecule has 5 heteroatoms. The fourth-order valence-corrected chi connectivity index (χ4v) is 4.39. The van der Waals surface area contributed by atoms with Crippen LogP contribution in [0.4, 0.5) is 0 Å². The molecule has 2 aliphatic heterocycles. The third-order valence-corrected chi connectivity index (χ3v) is 6.25. The molecule has 0 saturated carbocycles. The Morgan fingerprint density at radius 2 is 1.72 bits per heavy atom. The summed E-state index contributed by atoms with van der Waals surface area (Å²) in [5.41, 5.74) is 3.13. The summed E-state index contributed by atoms with van der Waals surface area (Å²) >= 11 is 0. The highest BCUT2D eigenvalue weighted by molar-refractivity contribution is 5.83. The first-order valence-electron chi connectivity index (χ1n) is 10.7. The molecular formula is C24H30N2O3. The average Bonchev–Trinajstić information content (AvgIpc) is 2.80. The van der Waals surface area contributed by atoms with Crippen LogP contribution in [0.15, 0.2) is 48.8 Å². The molecule has 29 heavy (non-hydrogen) atoms. The number of rotatable bonds is 6. The number of aromatic nitrogens is 1. The quantitative estimate of drug-likeness (QED) is 0.813. The highest BCUT2D eigenvalue weighted by atomic mass is 16.5. The molecule has 5 nitrogen and oxygen atoms in total. The van der Waals surface area contributed by atoms with Gasteiger partial charge in [0.1, 0.15) is 0 Å². The Kier molecular flexibility index (Phi) is 6.57. The van der Waals surface area contributed by atoms with E-state index in [2.05, 4.69) is 34.6 Å². The topological polar surface area (TPSA) is 60.5 Å². The molecule has 1 N–H and O–H groups in total. The lowest BCUT2D eigenvalue weighted by Gasteiger charge is -2.36. The Morgan fingerprint density at radius 3 is 2.41 bits per heavy atom. The van der Waals surface area contributed by atoms with Gasteiger partial charge in [0.25, 0.3) is 0 Å². The van der Waals surface area contributed by atoms with Crippen molar-refractivity contribution in [3.8, 4) is 11.1 Å². The molecular weight excluding hydrogens is 364 g/mol. The first-order chi connectivity index (χ1) is 14.3. The number of hydrogen-bond acceptors (Lipinski definition) is 4. The van der Waals surface area contributed by atoms with Crippen molar-refractivity contribution >= 4 is 5.91 Å². The van der Waals surface area contributed by atoms with Crippen LogP contribution in [0.2, 0.25) is 0 Å². The molecule has 1 atom stereocenters. The molecule has 1 amide bonds. The van der Waals surface area contributed by atoms with Crippen LogP contribution in [0, 0.1) is 11.3 Å². The molecule has 0 aliphatic carbocycles. The van der Waals surface area contributed by atoms with Crippen molar-refractivity contribution in [3.05, 3.63) is 54.4 Å². The normalized spacial score (nSPS) is 21.4. The van der Waals surface area contributed by atoms with E-state index in [0.29, 0.717) is 25.7 Å². The molecule has 0 radical (unpaired) electrons. The molecule has 1 aromatic carbocycles. The number of nitrogens with one attached hydrogen (secondary N) is 1. The Hall–Kier alpha value is -2.24. The fourth-order valence-electron chi connectivity index (χ4n) is 4.39. The van der Waals surface area contributed by atoms with Gasteiger partial charge in [-0.05, 0) is 66.8 Å². The van der Waals surface area contributed by atoms with Gasteiger partial charge in [0.05, 0.1) is 12.0 Å². The van der Waals surface area contributed by atoms with Crippen molar-refractivity contribution in [3.63, 3.8) is 0 Å². The predicted octanol–water partition coefficient (Wildman–Crippen LogP) is 3.63. The summed E-state index contributed by atoms with van der Waals surface area (Å²) < 4.78 is 11.1. The number of ether oxygens (including phenoxy) is 2. The van der Waals surface area contributed by atoms with E-state index in [9.17, 15) is 4.79 Å². The van der Waals surface area contributed by atoms with Crippen molar-refractivity contribution in [1.29, 1.82) is 0 Å². The van der Waals surface area contributed by atoms with Gasteiger partial charge in [-0.3, -0.25) is 9.78 Å². The summed E-state index contributed by atoms with van der Waals surface area (Å²) in [5, 5.41) is 3.24. The molecule has 4 rings (SSSR count). The van der Waals surface area contributed by atoms with Gasteiger partial charge >= 0.3 is 0 Å². The summed E-state index contributed by atoms with van der Waals surface area (Å²) in [7, 11) is 0. The summed E-state index contributed by atoms with van der Waals surface area (Å²) in [4.78, 5) is 17.3. The van der Waals surface area contributed by atoms with Gasteiger partial charge in [-0.15, -0.1) is 0 Å². The molecule has 2 fully saturated rings. The number of pyridine rings is 1. The van der Waals surface area contributed by atoms with E-state index in [1.54, 1.807) is 0 Å². The largest absolute Gasteiger partial charge is 0.381 e. The zero-order valence-corrected chi connectivity index (χ0v) is 16.9. The molecule has 0 bridgehead atoms. The summed E-state index contributed by atoms with van der Waals surface area (Å²) in [6.07, 6.45) is 8.12. The van der Waals surface area contributed by atoms with Gasteiger partial charge < -0.3 is 14.8 Å². The first kappa shape index (κ1) is 20.0. The van der Waals surface area contributed by atoms with Gasteiger partial charge in [-0.1, -0.05) is 24.3 Å². The number of carbonyl (C=O) groups is 1. The van der Waals surface area contributed by atoms with Gasteiger partial charge in [0.2, 0.25) is 5.91 Å². The minimum atomic E-state index is -0.383. The van der Waals surface area contributed by atoms with Crippen LogP contribution in [0.25, 0.3) is 11.1 Å². The Morgan fingerprint density at radius 1 is 1.00 bits per heavy atom. The molecule has 0 unspecified atom stereocenters. The van der Waals surface area contributed by atoms with E-state index in [0.717, 1.165) is 50.9 Å². The summed E-state index contributed by atoms with van der Waals surface area (Å²) in [6, 6.07) is 12.6. The molecule has 2 aromatic rings. The minimum absolute atomic E-state index is 0.171. The smallest absolute Gasteiger partial charge is 0.226 e. The van der Waals surface area contributed by atoms with Gasteiger partial charge in [-0.25, -0.2) is 0 Å². The lowest BCUT2D eigenvalue weighted by Crippen LogP contribution is -2.47. The van der Waals surface area contributed by atoms with Crippen LogP contribution in [-0.2, 0) is 20.7 Å². The van der Waals surface area contributed by atoms with Crippen molar-refractivity contribution in [2.45, 2.75) is 32.1 Å². The first-order valence-corrected chi connectivity index (χ1v) is 10.7. The Bertz CT molecular complexity index is 780. The van der Waals surface area contributed by atoms with Crippen molar-refractivity contribution in [2.75, 3.05) is 33.0 Å². The fraction of sp³-hybridized carbons (Fsp3) is 0.500. The minimum Gasteiger partial charge on any atom is -0.381 e. The SMILES string of the molecule is O=C(NC[C@@H]1CCCOC1)C1(Cc2ccc(-c3ccncc3)cc2)CCOCC1. The van der Waals surface area contributed by atoms with Crippen LogP contribution in [0.5, 0.6) is 0 Å². The molecule has 154 valence electrons. The number of carbonyl (C=O) groups excluding carboxylic acids is 1. The lowest BCUT2D eigenvalue weighted by molar-refractivity contribution is -0.137. The molecule has 2 aliphatic rings. The third kappa shape index (κ3) is 5.03. The van der Waals surface area contributed by atoms with Crippen molar-refractivity contribution < 1.29 is 14.3 Å². The van der Waals surface area contributed by atoms with Crippen molar-refractivity contribution in [1.82, 2.24) is 10.3 Å². The highest BCUT2D eigenvalue weighted by Gasteiger charge is 2.40. The Labute approximate surface area is 172 Å². The number of benzene rings is 1. The van der Waals surface area contributed by atoms with E-state index >= 15 is 0 Å². The van der Waals surface area contributed by atoms with Crippen molar-refractivity contribution in [2.24, 2.45) is 11.3 Å². The second-order valence-corrected chi connectivity index (χ2v) is 8.30. The number of hydrogen-bond donors (Lipinski definition) is 1. The van der Waals surface area contributed by atoms with E-state index in [1.165, 1.54) is 11.1 Å². The Balaban J connectivity index is 1.44. The molecule has 2 saturated heterocycles. The molecule has 1 aromatic heterocycles. The van der Waals surface area contributed by atoms with E-state index in [-0.39, 0.29) is 11.3 Å². The number of nitrogens with zero attached hydrogens (tertiary/aromatic N) is 1.